The third kappa shape index (κ3) is 3.08. The standard InChI is InChI=1S/C18H18N6O/c1-12(2)15-9-16(20-11-14-6-4-8-25-14)24-18(21-15)22-17(23-24)13-5-3-7-19-10-13/h3-10,12,20H,11H2,1-2H3. The summed E-state index contributed by atoms with van der Waals surface area (Å²) in [6.45, 7) is 4.77. The van der Waals surface area contributed by atoms with Gasteiger partial charge >= 0.3 is 0 Å². The Morgan fingerprint density at radius 3 is 2.84 bits per heavy atom. The zero-order valence-electron chi connectivity index (χ0n) is 14.0. The van der Waals surface area contributed by atoms with Crippen molar-refractivity contribution in [1.29, 1.82) is 0 Å². The van der Waals surface area contributed by atoms with Crippen molar-refractivity contribution in [3.05, 3.63) is 60.4 Å². The monoisotopic (exact) mass is 334 g/mol. The van der Waals surface area contributed by atoms with Gasteiger partial charge in [0.05, 0.1) is 18.5 Å². The van der Waals surface area contributed by atoms with E-state index in [2.05, 4.69) is 39.2 Å². The van der Waals surface area contributed by atoms with Gasteiger partial charge in [-0.1, -0.05) is 13.8 Å². The maximum atomic E-state index is 5.39. The summed E-state index contributed by atoms with van der Waals surface area (Å²) in [6, 6.07) is 9.60. The Kier molecular flexibility index (Phi) is 3.89. The van der Waals surface area contributed by atoms with E-state index < -0.39 is 0 Å². The molecule has 0 amide bonds. The van der Waals surface area contributed by atoms with Crippen LogP contribution in [-0.2, 0) is 6.54 Å². The summed E-state index contributed by atoms with van der Waals surface area (Å²) in [4.78, 5) is 13.3. The Morgan fingerprint density at radius 1 is 1.20 bits per heavy atom. The van der Waals surface area contributed by atoms with Crippen molar-refractivity contribution in [2.45, 2.75) is 26.3 Å². The van der Waals surface area contributed by atoms with Crippen LogP contribution in [0, 0.1) is 0 Å². The van der Waals surface area contributed by atoms with Gasteiger partial charge in [-0.2, -0.15) is 9.50 Å². The molecule has 7 nitrogen and oxygen atoms in total. The number of furan rings is 1. The van der Waals surface area contributed by atoms with Gasteiger partial charge in [-0.15, -0.1) is 5.10 Å². The molecule has 0 saturated carbocycles. The Morgan fingerprint density at radius 2 is 2.12 bits per heavy atom. The normalized spacial score (nSPS) is 11.3. The van der Waals surface area contributed by atoms with Gasteiger partial charge in [0.2, 0.25) is 0 Å². The smallest absolute Gasteiger partial charge is 0.254 e. The lowest BCUT2D eigenvalue weighted by Crippen LogP contribution is -2.08. The highest BCUT2D eigenvalue weighted by Gasteiger charge is 2.14. The van der Waals surface area contributed by atoms with E-state index in [4.69, 9.17) is 4.42 Å². The van der Waals surface area contributed by atoms with Crippen LogP contribution in [0.4, 0.5) is 5.82 Å². The number of hydrogen-bond donors (Lipinski definition) is 1. The fourth-order valence-corrected chi connectivity index (χ4v) is 2.52. The summed E-state index contributed by atoms with van der Waals surface area (Å²) in [5, 5.41) is 7.95. The molecule has 0 unspecified atom stereocenters. The van der Waals surface area contributed by atoms with Crippen LogP contribution in [0.25, 0.3) is 17.2 Å². The molecule has 0 aromatic carbocycles. The highest BCUT2D eigenvalue weighted by atomic mass is 16.3. The number of nitrogens with zero attached hydrogens (tertiary/aromatic N) is 5. The molecule has 0 atom stereocenters. The third-order valence-corrected chi connectivity index (χ3v) is 3.87. The summed E-state index contributed by atoms with van der Waals surface area (Å²) in [7, 11) is 0. The zero-order valence-corrected chi connectivity index (χ0v) is 14.0. The molecule has 0 aliphatic carbocycles. The molecular weight excluding hydrogens is 316 g/mol. The van der Waals surface area contributed by atoms with Crippen LogP contribution < -0.4 is 5.32 Å². The van der Waals surface area contributed by atoms with Crippen molar-refractivity contribution in [3.8, 4) is 11.4 Å². The van der Waals surface area contributed by atoms with Gasteiger partial charge in [0.1, 0.15) is 11.6 Å². The molecule has 4 aromatic rings. The molecule has 25 heavy (non-hydrogen) atoms. The predicted octanol–water partition coefficient (Wildman–Crippen LogP) is 3.51. The first kappa shape index (κ1) is 15.3. The van der Waals surface area contributed by atoms with E-state index in [1.54, 1.807) is 23.2 Å². The van der Waals surface area contributed by atoms with E-state index in [0.717, 1.165) is 22.8 Å². The summed E-state index contributed by atoms with van der Waals surface area (Å²) in [6.07, 6.45) is 5.13. The number of pyridine rings is 1. The molecule has 7 heteroatoms. The Hall–Kier alpha value is -3.22. The molecule has 126 valence electrons. The van der Waals surface area contributed by atoms with E-state index in [-0.39, 0.29) is 5.92 Å². The van der Waals surface area contributed by atoms with Gasteiger partial charge in [-0.25, -0.2) is 4.98 Å². The lowest BCUT2D eigenvalue weighted by molar-refractivity contribution is 0.517. The fourth-order valence-electron chi connectivity index (χ4n) is 2.52. The third-order valence-electron chi connectivity index (χ3n) is 3.87. The molecule has 0 saturated heterocycles. The first-order valence-corrected chi connectivity index (χ1v) is 8.15. The van der Waals surface area contributed by atoms with Crippen molar-refractivity contribution in [1.82, 2.24) is 24.6 Å². The molecule has 4 heterocycles. The molecule has 4 rings (SSSR count). The zero-order chi connectivity index (χ0) is 17.2. The highest BCUT2D eigenvalue weighted by molar-refractivity contribution is 5.57. The summed E-state index contributed by atoms with van der Waals surface area (Å²) < 4.78 is 7.11. The van der Waals surface area contributed by atoms with E-state index in [1.807, 2.05) is 30.3 Å². The van der Waals surface area contributed by atoms with Gasteiger partial charge in [0.15, 0.2) is 5.82 Å². The van der Waals surface area contributed by atoms with Crippen molar-refractivity contribution in [2.75, 3.05) is 5.32 Å². The molecule has 0 bridgehead atoms. The molecule has 0 aliphatic rings. The van der Waals surface area contributed by atoms with Crippen LogP contribution in [0.5, 0.6) is 0 Å². The lowest BCUT2D eigenvalue weighted by atomic mass is 10.1. The van der Waals surface area contributed by atoms with Crippen molar-refractivity contribution >= 4 is 11.6 Å². The maximum Gasteiger partial charge on any atom is 0.254 e. The Labute approximate surface area is 144 Å². The van der Waals surface area contributed by atoms with Gasteiger partial charge in [-0.05, 0) is 30.2 Å². The van der Waals surface area contributed by atoms with E-state index in [1.165, 1.54) is 0 Å². The molecule has 0 fully saturated rings. The van der Waals surface area contributed by atoms with E-state index in [0.29, 0.717) is 18.1 Å². The number of aromatic nitrogens is 5. The molecule has 4 aromatic heterocycles. The van der Waals surface area contributed by atoms with Crippen LogP contribution in [0.3, 0.4) is 0 Å². The van der Waals surface area contributed by atoms with Crippen LogP contribution in [0.1, 0.15) is 31.2 Å². The van der Waals surface area contributed by atoms with E-state index >= 15 is 0 Å². The van der Waals surface area contributed by atoms with Crippen LogP contribution in [0.15, 0.2) is 53.4 Å². The van der Waals surface area contributed by atoms with E-state index in [9.17, 15) is 0 Å². The summed E-state index contributed by atoms with van der Waals surface area (Å²) in [5.74, 6) is 3.12. The highest BCUT2D eigenvalue weighted by Crippen LogP contribution is 2.21. The maximum absolute atomic E-state index is 5.39. The fraction of sp³-hybridized carbons (Fsp3) is 0.222. The second-order valence-corrected chi connectivity index (χ2v) is 6.04. The number of fused-ring (bicyclic) bond motifs is 1. The van der Waals surface area contributed by atoms with Crippen molar-refractivity contribution < 1.29 is 4.42 Å². The molecule has 1 N–H and O–H groups in total. The lowest BCUT2D eigenvalue weighted by Gasteiger charge is -2.10. The summed E-state index contributed by atoms with van der Waals surface area (Å²) >= 11 is 0. The SMILES string of the molecule is CC(C)c1cc(NCc2ccco2)n2nc(-c3cccnc3)nc2n1. The number of nitrogens with one attached hydrogen (secondary N) is 1. The minimum atomic E-state index is 0.285. The largest absolute Gasteiger partial charge is 0.467 e. The quantitative estimate of drug-likeness (QED) is 0.601. The first-order valence-electron chi connectivity index (χ1n) is 8.15. The number of hydrogen-bond acceptors (Lipinski definition) is 6. The van der Waals surface area contributed by atoms with Crippen LogP contribution >= 0.6 is 0 Å². The minimum absolute atomic E-state index is 0.285. The Bertz CT molecular complexity index is 976. The second-order valence-electron chi connectivity index (χ2n) is 6.04. The number of anilines is 1. The van der Waals surface area contributed by atoms with Gasteiger partial charge in [-0.3, -0.25) is 4.98 Å². The average molecular weight is 334 g/mol. The van der Waals surface area contributed by atoms with Gasteiger partial charge < -0.3 is 9.73 Å². The first-order chi connectivity index (χ1) is 12.2. The average Bonchev–Trinajstić information content (AvgIpc) is 3.29. The molecule has 0 radical (unpaired) electrons. The number of rotatable bonds is 5. The van der Waals surface area contributed by atoms with Crippen molar-refractivity contribution in [2.24, 2.45) is 0 Å². The minimum Gasteiger partial charge on any atom is -0.467 e. The molecule has 0 spiro atoms. The van der Waals surface area contributed by atoms with Gasteiger partial charge in [0, 0.05) is 24.0 Å². The van der Waals surface area contributed by atoms with Crippen molar-refractivity contribution in [3.63, 3.8) is 0 Å². The van der Waals surface area contributed by atoms with Gasteiger partial charge in [0.25, 0.3) is 5.78 Å². The second kappa shape index (κ2) is 6.35. The predicted molar refractivity (Wildman–Crippen MR) is 94.1 cm³/mol. The molecule has 0 aliphatic heterocycles. The summed E-state index contributed by atoms with van der Waals surface area (Å²) in [5.41, 5.74) is 1.82. The van der Waals surface area contributed by atoms with Crippen LogP contribution in [0.2, 0.25) is 0 Å². The molecular formula is C18H18N6O. The Balaban J connectivity index is 1.77. The topological polar surface area (TPSA) is 81.1 Å². The van der Waals surface area contributed by atoms with Crippen LogP contribution in [-0.4, -0.2) is 24.6 Å².